The Morgan fingerprint density at radius 3 is 2.58 bits per heavy atom. The molecule has 1 unspecified atom stereocenters. The molecule has 0 fully saturated rings. The first kappa shape index (κ1) is 18.6. The summed E-state index contributed by atoms with van der Waals surface area (Å²) in [5, 5.41) is 2.95. The van der Waals surface area contributed by atoms with Crippen molar-refractivity contribution in [1.29, 1.82) is 0 Å². The Hall–Kier alpha value is -2.22. The van der Waals surface area contributed by atoms with Gasteiger partial charge in [-0.25, -0.2) is 0 Å². The summed E-state index contributed by atoms with van der Waals surface area (Å²) < 4.78 is 16.5. The number of hydrogen-bond donors (Lipinski definition) is 2. The average Bonchev–Trinajstić information content (AvgIpc) is 2.67. The highest BCUT2D eigenvalue weighted by Crippen LogP contribution is 2.42. The maximum Gasteiger partial charge on any atom is 0.227 e. The molecule has 2 aromatic carbocycles. The molecule has 0 saturated heterocycles. The number of rotatable bonds is 7. The molecule has 7 heteroatoms. The number of fused-ring (bicyclic) bond motifs is 1. The summed E-state index contributed by atoms with van der Waals surface area (Å²) in [5.74, 6) is 1.16. The fourth-order valence-corrected chi connectivity index (χ4v) is 3.47. The van der Waals surface area contributed by atoms with Gasteiger partial charge in [0.05, 0.1) is 18.2 Å². The van der Waals surface area contributed by atoms with E-state index in [-0.39, 0.29) is 25.0 Å². The minimum atomic E-state index is -0.308. The number of anilines is 1. The van der Waals surface area contributed by atoms with Crippen LogP contribution in [0, 0.1) is 0 Å². The molecule has 1 aliphatic heterocycles. The van der Waals surface area contributed by atoms with Crippen molar-refractivity contribution < 1.29 is 19.0 Å². The molecule has 3 N–H and O–H groups in total. The van der Waals surface area contributed by atoms with Crippen molar-refractivity contribution in [2.24, 2.45) is 5.73 Å². The van der Waals surface area contributed by atoms with Crippen LogP contribution >= 0.6 is 11.8 Å². The number of carbonyl (C=O) groups excluding carboxylic acids is 1. The fraction of sp³-hybridized carbons (Fsp3) is 0.316. The molecule has 0 spiro atoms. The predicted octanol–water partition coefficient (Wildman–Crippen LogP) is 2.91. The first-order valence-corrected chi connectivity index (χ1v) is 9.20. The second kappa shape index (κ2) is 8.93. The van der Waals surface area contributed by atoms with E-state index in [9.17, 15) is 4.79 Å². The van der Waals surface area contributed by atoms with Gasteiger partial charge in [0.2, 0.25) is 5.91 Å². The SMILES string of the molecule is COC(CN)CC(=O)Nc1cc2c(cc1Sc1ccccc1)OCCO2. The average molecular weight is 374 g/mol. The zero-order chi connectivity index (χ0) is 18.4. The van der Waals surface area contributed by atoms with Gasteiger partial charge in [0, 0.05) is 35.6 Å². The second-order valence-electron chi connectivity index (χ2n) is 5.75. The van der Waals surface area contributed by atoms with E-state index >= 15 is 0 Å². The number of nitrogens with two attached hydrogens (primary N) is 1. The largest absolute Gasteiger partial charge is 0.486 e. The zero-order valence-electron chi connectivity index (χ0n) is 14.6. The van der Waals surface area contributed by atoms with Crippen LogP contribution in [0.15, 0.2) is 52.3 Å². The summed E-state index contributed by atoms with van der Waals surface area (Å²) in [6.07, 6.45) is -0.117. The van der Waals surface area contributed by atoms with Gasteiger partial charge < -0.3 is 25.3 Å². The molecule has 1 aliphatic rings. The Labute approximate surface area is 157 Å². The van der Waals surface area contributed by atoms with Crippen LogP contribution in [0.2, 0.25) is 0 Å². The first-order valence-electron chi connectivity index (χ1n) is 8.39. The van der Waals surface area contributed by atoms with Crippen LogP contribution in [0.25, 0.3) is 0 Å². The monoisotopic (exact) mass is 374 g/mol. The number of hydrogen-bond acceptors (Lipinski definition) is 6. The molecule has 26 heavy (non-hydrogen) atoms. The van der Waals surface area contributed by atoms with Gasteiger partial charge in [0.15, 0.2) is 11.5 Å². The molecule has 2 aromatic rings. The minimum Gasteiger partial charge on any atom is -0.486 e. The van der Waals surface area contributed by atoms with Crippen molar-refractivity contribution in [1.82, 2.24) is 0 Å². The molecule has 0 saturated carbocycles. The van der Waals surface area contributed by atoms with Gasteiger partial charge in [-0.05, 0) is 12.1 Å². The number of nitrogens with one attached hydrogen (secondary N) is 1. The third kappa shape index (κ3) is 4.69. The van der Waals surface area contributed by atoms with Crippen LogP contribution in [0.4, 0.5) is 5.69 Å². The molecule has 3 rings (SSSR count). The summed E-state index contributed by atoms with van der Waals surface area (Å²) in [5.41, 5.74) is 6.28. The van der Waals surface area contributed by atoms with Gasteiger partial charge >= 0.3 is 0 Å². The smallest absolute Gasteiger partial charge is 0.227 e. The van der Waals surface area contributed by atoms with Crippen molar-refractivity contribution in [3.05, 3.63) is 42.5 Å². The Morgan fingerprint density at radius 2 is 1.92 bits per heavy atom. The van der Waals surface area contributed by atoms with Crippen LogP contribution in [-0.4, -0.2) is 38.9 Å². The molecule has 0 aromatic heterocycles. The summed E-state index contributed by atoms with van der Waals surface area (Å²) in [6.45, 7) is 1.29. The van der Waals surface area contributed by atoms with Crippen LogP contribution in [-0.2, 0) is 9.53 Å². The molecule has 1 amide bonds. The summed E-state index contributed by atoms with van der Waals surface area (Å²) >= 11 is 1.55. The first-order chi connectivity index (χ1) is 12.7. The highest BCUT2D eigenvalue weighted by Gasteiger charge is 2.19. The van der Waals surface area contributed by atoms with Crippen LogP contribution in [0.1, 0.15) is 6.42 Å². The Bertz CT molecular complexity index is 751. The van der Waals surface area contributed by atoms with E-state index in [1.165, 1.54) is 0 Å². The normalized spacial score (nSPS) is 13.9. The quantitative estimate of drug-likeness (QED) is 0.775. The Balaban J connectivity index is 1.85. The van der Waals surface area contributed by atoms with E-state index in [0.29, 0.717) is 30.4 Å². The van der Waals surface area contributed by atoms with Crippen LogP contribution in [0.3, 0.4) is 0 Å². The number of benzene rings is 2. The van der Waals surface area contributed by atoms with Crippen LogP contribution < -0.4 is 20.5 Å². The number of amides is 1. The molecular formula is C19H22N2O4S. The maximum atomic E-state index is 12.4. The van der Waals surface area contributed by atoms with E-state index in [4.69, 9.17) is 19.9 Å². The molecular weight excluding hydrogens is 352 g/mol. The molecule has 0 radical (unpaired) electrons. The molecule has 6 nitrogen and oxygen atoms in total. The van der Waals surface area contributed by atoms with E-state index in [1.807, 2.05) is 42.5 Å². The van der Waals surface area contributed by atoms with Crippen LogP contribution in [0.5, 0.6) is 11.5 Å². The molecule has 1 atom stereocenters. The molecule has 1 heterocycles. The minimum absolute atomic E-state index is 0.158. The fourth-order valence-electron chi connectivity index (χ4n) is 2.54. The summed E-state index contributed by atoms with van der Waals surface area (Å²) in [7, 11) is 1.55. The molecule has 0 aliphatic carbocycles. The number of carbonyl (C=O) groups is 1. The lowest BCUT2D eigenvalue weighted by atomic mass is 10.2. The third-order valence-corrected chi connectivity index (χ3v) is 4.96. The van der Waals surface area contributed by atoms with Crippen molar-refractivity contribution in [2.75, 3.05) is 32.2 Å². The van der Waals surface area contributed by atoms with Gasteiger partial charge in [0.25, 0.3) is 0 Å². The summed E-state index contributed by atoms with van der Waals surface area (Å²) in [4.78, 5) is 14.3. The van der Waals surface area contributed by atoms with E-state index in [1.54, 1.807) is 18.9 Å². The predicted molar refractivity (Wildman–Crippen MR) is 101 cm³/mol. The number of methoxy groups -OCH3 is 1. The zero-order valence-corrected chi connectivity index (χ0v) is 15.4. The Kier molecular flexibility index (Phi) is 6.38. The standard InChI is InChI=1S/C19H22N2O4S/c1-23-13(12-20)9-19(22)21-15-10-16-17(25-8-7-24-16)11-18(15)26-14-5-3-2-4-6-14/h2-6,10-11,13H,7-9,12,20H2,1H3,(H,21,22). The van der Waals surface area contributed by atoms with Crippen molar-refractivity contribution >= 4 is 23.4 Å². The lowest BCUT2D eigenvalue weighted by Crippen LogP contribution is -2.28. The highest BCUT2D eigenvalue weighted by molar-refractivity contribution is 7.99. The Morgan fingerprint density at radius 1 is 1.23 bits per heavy atom. The second-order valence-corrected chi connectivity index (χ2v) is 6.87. The number of ether oxygens (including phenoxy) is 3. The van der Waals surface area contributed by atoms with Crippen molar-refractivity contribution in [2.45, 2.75) is 22.3 Å². The third-order valence-electron chi connectivity index (χ3n) is 3.90. The highest BCUT2D eigenvalue weighted by atomic mass is 32.2. The molecule has 0 bridgehead atoms. The van der Waals surface area contributed by atoms with E-state index in [2.05, 4.69) is 5.32 Å². The van der Waals surface area contributed by atoms with Crippen molar-refractivity contribution in [3.63, 3.8) is 0 Å². The topological polar surface area (TPSA) is 82.8 Å². The van der Waals surface area contributed by atoms with E-state index in [0.717, 1.165) is 9.79 Å². The summed E-state index contributed by atoms with van der Waals surface area (Å²) in [6, 6.07) is 13.7. The molecule has 138 valence electrons. The lowest BCUT2D eigenvalue weighted by molar-refractivity contribution is -0.118. The lowest BCUT2D eigenvalue weighted by Gasteiger charge is -2.21. The van der Waals surface area contributed by atoms with Gasteiger partial charge in [-0.15, -0.1) is 0 Å². The van der Waals surface area contributed by atoms with Crippen molar-refractivity contribution in [3.8, 4) is 11.5 Å². The van der Waals surface area contributed by atoms with Gasteiger partial charge in [-0.3, -0.25) is 4.79 Å². The van der Waals surface area contributed by atoms with E-state index < -0.39 is 0 Å². The van der Waals surface area contributed by atoms with Gasteiger partial charge in [-0.2, -0.15) is 0 Å². The maximum absolute atomic E-state index is 12.4. The van der Waals surface area contributed by atoms with Gasteiger partial charge in [-0.1, -0.05) is 30.0 Å². The van der Waals surface area contributed by atoms with Gasteiger partial charge in [0.1, 0.15) is 13.2 Å².